The van der Waals surface area contributed by atoms with Gasteiger partial charge in [-0.25, -0.2) is 0 Å². The van der Waals surface area contributed by atoms with Gasteiger partial charge >= 0.3 is 0 Å². The molecule has 0 saturated heterocycles. The first-order chi connectivity index (χ1) is 11.1. The molecule has 1 aromatic carbocycles. The van der Waals surface area contributed by atoms with Crippen molar-refractivity contribution in [3.05, 3.63) is 51.5 Å². The van der Waals surface area contributed by atoms with Crippen LogP contribution in [-0.4, -0.2) is 42.7 Å². The van der Waals surface area contributed by atoms with Crippen LogP contribution in [0.25, 0.3) is 10.9 Å². The molecular weight excluding hydrogens is 300 g/mol. The lowest BCUT2D eigenvalue weighted by atomic mass is 10.1. The number of hydrogen-bond acceptors (Lipinski definition) is 5. The van der Waals surface area contributed by atoms with Crippen LogP contribution in [0.5, 0.6) is 0 Å². The van der Waals surface area contributed by atoms with Crippen molar-refractivity contribution >= 4 is 22.5 Å². The van der Waals surface area contributed by atoms with E-state index in [2.05, 4.69) is 20.4 Å². The van der Waals surface area contributed by atoms with Crippen molar-refractivity contribution in [3.8, 4) is 0 Å². The molecule has 9 nitrogen and oxygen atoms in total. The Morgan fingerprint density at radius 1 is 1.35 bits per heavy atom. The monoisotopic (exact) mass is 312 g/mol. The molecular formula is C14H12N6O3. The number of fused-ring (bicyclic) bond motifs is 2. The molecule has 2 aromatic heterocycles. The van der Waals surface area contributed by atoms with E-state index in [0.717, 1.165) is 11.3 Å². The summed E-state index contributed by atoms with van der Waals surface area (Å²) in [6.45, 7) is 1.01. The van der Waals surface area contributed by atoms with E-state index in [1.54, 1.807) is 17.2 Å². The molecule has 1 aliphatic heterocycles. The molecule has 1 amide bonds. The van der Waals surface area contributed by atoms with Crippen molar-refractivity contribution in [2.45, 2.75) is 13.0 Å². The van der Waals surface area contributed by atoms with Gasteiger partial charge in [0.1, 0.15) is 0 Å². The normalized spacial score (nSPS) is 14.0. The SMILES string of the molecule is O=C(c1n[nH]c2ccc([N+](=O)[O-])cc12)N1CCc2[nH]ncc2C1. The third-order valence-electron chi connectivity index (χ3n) is 4.05. The van der Waals surface area contributed by atoms with Gasteiger partial charge in [-0.2, -0.15) is 10.2 Å². The number of carbonyl (C=O) groups excluding carboxylic acids is 1. The molecule has 0 bridgehead atoms. The van der Waals surface area contributed by atoms with Gasteiger partial charge in [0, 0.05) is 48.3 Å². The first kappa shape index (κ1) is 13.4. The molecule has 0 saturated carbocycles. The van der Waals surface area contributed by atoms with Crippen LogP contribution < -0.4 is 0 Å². The number of non-ortho nitro benzene ring substituents is 1. The second-order valence-corrected chi connectivity index (χ2v) is 5.41. The number of nitro benzene ring substituents is 1. The number of nitrogens with one attached hydrogen (secondary N) is 2. The maximum absolute atomic E-state index is 12.7. The highest BCUT2D eigenvalue weighted by atomic mass is 16.6. The molecule has 4 rings (SSSR count). The average Bonchev–Trinajstić information content (AvgIpc) is 3.19. The number of H-pyrrole nitrogens is 2. The Labute approximate surface area is 129 Å². The molecule has 2 N–H and O–H groups in total. The van der Waals surface area contributed by atoms with E-state index >= 15 is 0 Å². The summed E-state index contributed by atoms with van der Waals surface area (Å²) in [5.74, 6) is -0.247. The number of rotatable bonds is 2. The van der Waals surface area contributed by atoms with Gasteiger partial charge in [-0.3, -0.25) is 25.1 Å². The molecule has 3 heterocycles. The number of nitrogens with zero attached hydrogens (tertiary/aromatic N) is 4. The first-order valence-corrected chi connectivity index (χ1v) is 7.06. The van der Waals surface area contributed by atoms with Crippen molar-refractivity contribution in [1.82, 2.24) is 25.3 Å². The summed E-state index contributed by atoms with van der Waals surface area (Å²) in [5.41, 5.74) is 2.76. The van der Waals surface area contributed by atoms with Crippen LogP contribution in [0.2, 0.25) is 0 Å². The Hall–Kier alpha value is -3.23. The van der Waals surface area contributed by atoms with Crippen LogP contribution >= 0.6 is 0 Å². The Balaban J connectivity index is 1.70. The Bertz CT molecular complexity index is 928. The molecule has 0 radical (unpaired) electrons. The second kappa shape index (κ2) is 4.90. The van der Waals surface area contributed by atoms with E-state index in [-0.39, 0.29) is 17.3 Å². The summed E-state index contributed by atoms with van der Waals surface area (Å²) < 4.78 is 0. The first-order valence-electron chi connectivity index (χ1n) is 7.06. The fourth-order valence-corrected chi connectivity index (χ4v) is 2.82. The summed E-state index contributed by atoms with van der Waals surface area (Å²) in [5, 5.41) is 25.1. The van der Waals surface area contributed by atoms with Gasteiger partial charge in [-0.05, 0) is 6.07 Å². The fraction of sp³-hybridized carbons (Fsp3) is 0.214. The average molecular weight is 312 g/mol. The largest absolute Gasteiger partial charge is 0.332 e. The minimum Gasteiger partial charge on any atom is -0.332 e. The molecule has 0 spiro atoms. The highest BCUT2D eigenvalue weighted by Gasteiger charge is 2.26. The van der Waals surface area contributed by atoms with E-state index in [0.29, 0.717) is 30.4 Å². The Kier molecular flexibility index (Phi) is 2.86. The number of nitro groups is 1. The number of aromatic nitrogens is 4. The molecule has 0 atom stereocenters. The summed E-state index contributed by atoms with van der Waals surface area (Å²) in [4.78, 5) is 24.8. The summed E-state index contributed by atoms with van der Waals surface area (Å²) >= 11 is 0. The van der Waals surface area contributed by atoms with E-state index < -0.39 is 4.92 Å². The van der Waals surface area contributed by atoms with Gasteiger partial charge in [0.25, 0.3) is 11.6 Å². The standard InChI is InChI=1S/C14H12N6O3/c21-14(19-4-3-11-8(7-19)6-15-16-11)13-10-5-9(20(22)23)1-2-12(10)17-18-13/h1-2,5-6H,3-4,7H2,(H,15,16)(H,17,18). The van der Waals surface area contributed by atoms with Gasteiger partial charge in [-0.1, -0.05) is 0 Å². The second-order valence-electron chi connectivity index (χ2n) is 5.41. The molecule has 3 aromatic rings. The van der Waals surface area contributed by atoms with Crippen LogP contribution in [0.3, 0.4) is 0 Å². The highest BCUT2D eigenvalue weighted by molar-refractivity contribution is 6.05. The number of carbonyl (C=O) groups is 1. The predicted octanol–water partition coefficient (Wildman–Crippen LogP) is 1.39. The number of hydrogen-bond donors (Lipinski definition) is 2. The van der Waals surface area contributed by atoms with Crippen LogP contribution in [0.4, 0.5) is 5.69 Å². The minimum atomic E-state index is -0.487. The quantitative estimate of drug-likeness (QED) is 0.547. The lowest BCUT2D eigenvalue weighted by Gasteiger charge is -2.25. The van der Waals surface area contributed by atoms with Crippen LogP contribution in [0.15, 0.2) is 24.4 Å². The van der Waals surface area contributed by atoms with Gasteiger partial charge < -0.3 is 4.90 Å². The van der Waals surface area contributed by atoms with Gasteiger partial charge in [0.05, 0.1) is 16.6 Å². The maximum atomic E-state index is 12.7. The van der Waals surface area contributed by atoms with Gasteiger partial charge in [-0.15, -0.1) is 0 Å². The van der Waals surface area contributed by atoms with E-state index in [9.17, 15) is 14.9 Å². The smallest absolute Gasteiger partial charge is 0.275 e. The third kappa shape index (κ3) is 2.13. The van der Waals surface area contributed by atoms with Crippen LogP contribution in [-0.2, 0) is 13.0 Å². The molecule has 0 fully saturated rings. The van der Waals surface area contributed by atoms with Gasteiger partial charge in [0.15, 0.2) is 5.69 Å². The number of amides is 1. The van der Waals surface area contributed by atoms with Crippen molar-refractivity contribution < 1.29 is 9.72 Å². The van der Waals surface area contributed by atoms with E-state index in [4.69, 9.17) is 0 Å². The molecule has 0 unspecified atom stereocenters. The van der Waals surface area contributed by atoms with Crippen LogP contribution in [0.1, 0.15) is 21.7 Å². The Morgan fingerprint density at radius 2 is 2.22 bits per heavy atom. The van der Waals surface area contributed by atoms with E-state index in [1.165, 1.54) is 12.1 Å². The van der Waals surface area contributed by atoms with Crippen LogP contribution in [0, 0.1) is 10.1 Å². The molecule has 116 valence electrons. The third-order valence-corrected chi connectivity index (χ3v) is 4.05. The van der Waals surface area contributed by atoms with E-state index in [1.807, 2.05) is 0 Å². The number of benzene rings is 1. The lowest BCUT2D eigenvalue weighted by Crippen LogP contribution is -2.36. The minimum absolute atomic E-state index is 0.0660. The zero-order valence-electron chi connectivity index (χ0n) is 11.9. The summed E-state index contributed by atoms with van der Waals surface area (Å²) in [6, 6.07) is 4.31. The van der Waals surface area contributed by atoms with Crippen molar-refractivity contribution in [1.29, 1.82) is 0 Å². The van der Waals surface area contributed by atoms with Crippen molar-refractivity contribution in [2.24, 2.45) is 0 Å². The topological polar surface area (TPSA) is 121 Å². The molecule has 1 aliphatic rings. The highest BCUT2D eigenvalue weighted by Crippen LogP contribution is 2.25. The summed E-state index contributed by atoms with van der Waals surface area (Å²) in [6.07, 6.45) is 2.41. The predicted molar refractivity (Wildman–Crippen MR) is 79.8 cm³/mol. The van der Waals surface area contributed by atoms with Gasteiger partial charge in [0.2, 0.25) is 0 Å². The number of aromatic amines is 2. The fourth-order valence-electron chi connectivity index (χ4n) is 2.82. The zero-order valence-corrected chi connectivity index (χ0v) is 11.9. The zero-order chi connectivity index (χ0) is 16.0. The molecule has 9 heteroatoms. The summed E-state index contributed by atoms with van der Waals surface area (Å²) in [7, 11) is 0. The molecule has 0 aliphatic carbocycles. The van der Waals surface area contributed by atoms with Crippen molar-refractivity contribution in [3.63, 3.8) is 0 Å². The molecule has 23 heavy (non-hydrogen) atoms. The maximum Gasteiger partial charge on any atom is 0.275 e. The Morgan fingerprint density at radius 3 is 3.04 bits per heavy atom. The van der Waals surface area contributed by atoms with Crippen molar-refractivity contribution in [2.75, 3.05) is 6.54 Å². The lowest BCUT2D eigenvalue weighted by molar-refractivity contribution is -0.384.